The number of thiophene rings is 1. The normalized spacial score (nSPS) is 12.0. The van der Waals surface area contributed by atoms with Gasteiger partial charge in [-0.05, 0) is 49.6 Å². The molecule has 1 atom stereocenters. The maximum Gasteiger partial charge on any atom is 0.162 e. The van der Waals surface area contributed by atoms with E-state index in [2.05, 4.69) is 46.5 Å². The molecular weight excluding hydrogens is 422 g/mol. The van der Waals surface area contributed by atoms with Crippen molar-refractivity contribution in [2.75, 3.05) is 26.1 Å². The number of aliphatic hydroxyl groups excluding tert-OH is 1. The molecular formula is C25H27N3O3S. The average molecular weight is 450 g/mol. The van der Waals surface area contributed by atoms with Gasteiger partial charge in [-0.1, -0.05) is 24.3 Å². The Morgan fingerprint density at radius 1 is 1.03 bits per heavy atom. The number of methoxy groups -OCH3 is 2. The monoisotopic (exact) mass is 449 g/mol. The highest BCUT2D eigenvalue weighted by atomic mass is 32.1. The number of aryl methyl sites for hydroxylation is 1. The summed E-state index contributed by atoms with van der Waals surface area (Å²) in [6, 6.07) is 16.5. The Bertz CT molecular complexity index is 1240. The van der Waals surface area contributed by atoms with E-state index in [1.54, 1.807) is 25.6 Å². The molecule has 0 saturated carbocycles. The van der Waals surface area contributed by atoms with Crippen LogP contribution in [0.15, 0.2) is 48.5 Å². The number of fused-ring (bicyclic) bond motifs is 1. The zero-order chi connectivity index (χ0) is 22.7. The first-order chi connectivity index (χ1) is 15.5. The molecule has 0 amide bonds. The minimum atomic E-state index is 0.0555. The molecule has 7 heteroatoms. The molecule has 0 saturated heterocycles. The van der Waals surface area contributed by atoms with E-state index in [-0.39, 0.29) is 12.6 Å². The van der Waals surface area contributed by atoms with Crippen LogP contribution in [0.5, 0.6) is 11.5 Å². The molecule has 2 aromatic carbocycles. The van der Waals surface area contributed by atoms with Crippen molar-refractivity contribution >= 4 is 28.1 Å². The minimum absolute atomic E-state index is 0.0555. The van der Waals surface area contributed by atoms with E-state index < -0.39 is 0 Å². The number of ether oxygens (including phenoxy) is 2. The van der Waals surface area contributed by atoms with E-state index in [9.17, 15) is 5.11 Å². The summed E-state index contributed by atoms with van der Waals surface area (Å²) in [6.45, 7) is 4.17. The van der Waals surface area contributed by atoms with Crippen molar-refractivity contribution in [3.8, 4) is 21.9 Å². The van der Waals surface area contributed by atoms with Crippen molar-refractivity contribution < 1.29 is 14.6 Å². The van der Waals surface area contributed by atoms with Gasteiger partial charge < -0.3 is 19.9 Å². The lowest BCUT2D eigenvalue weighted by atomic mass is 10.1. The summed E-state index contributed by atoms with van der Waals surface area (Å²) in [7, 11) is 3.24. The van der Waals surface area contributed by atoms with Gasteiger partial charge in [-0.3, -0.25) is 0 Å². The molecule has 0 aliphatic heterocycles. The molecule has 0 radical (unpaired) electrons. The van der Waals surface area contributed by atoms with Gasteiger partial charge in [0.1, 0.15) is 11.6 Å². The van der Waals surface area contributed by atoms with Crippen LogP contribution in [0.1, 0.15) is 29.2 Å². The van der Waals surface area contributed by atoms with Crippen LogP contribution >= 0.6 is 11.3 Å². The highest BCUT2D eigenvalue weighted by molar-refractivity contribution is 7.15. The van der Waals surface area contributed by atoms with Gasteiger partial charge in [0, 0.05) is 27.8 Å². The number of nitrogens with zero attached hydrogens (tertiary/aromatic N) is 2. The predicted molar refractivity (Wildman–Crippen MR) is 130 cm³/mol. The first-order valence-electron chi connectivity index (χ1n) is 10.5. The van der Waals surface area contributed by atoms with Crippen molar-refractivity contribution in [2.24, 2.45) is 0 Å². The van der Waals surface area contributed by atoms with Crippen LogP contribution in [-0.4, -0.2) is 35.9 Å². The number of anilines is 1. The Balaban J connectivity index is 1.63. The lowest BCUT2D eigenvalue weighted by Crippen LogP contribution is -2.08. The Hall–Kier alpha value is -3.16. The van der Waals surface area contributed by atoms with Gasteiger partial charge in [0.15, 0.2) is 11.5 Å². The quantitative estimate of drug-likeness (QED) is 0.375. The highest BCUT2D eigenvalue weighted by Crippen LogP contribution is 2.37. The lowest BCUT2D eigenvalue weighted by Gasteiger charge is -2.16. The zero-order valence-electron chi connectivity index (χ0n) is 18.7. The Kier molecular flexibility index (Phi) is 6.58. The Morgan fingerprint density at radius 2 is 1.81 bits per heavy atom. The van der Waals surface area contributed by atoms with E-state index in [1.165, 1.54) is 15.3 Å². The predicted octanol–water partition coefficient (Wildman–Crippen LogP) is 5.39. The van der Waals surface area contributed by atoms with Crippen LogP contribution in [0.4, 0.5) is 5.82 Å². The molecule has 0 fully saturated rings. The number of rotatable bonds is 8. The summed E-state index contributed by atoms with van der Waals surface area (Å²) >= 11 is 1.75. The van der Waals surface area contributed by atoms with Crippen molar-refractivity contribution in [3.63, 3.8) is 0 Å². The molecule has 32 heavy (non-hydrogen) atoms. The molecule has 0 aliphatic rings. The Morgan fingerprint density at radius 3 is 2.56 bits per heavy atom. The number of hydrogen-bond acceptors (Lipinski definition) is 7. The van der Waals surface area contributed by atoms with E-state index >= 15 is 0 Å². The van der Waals surface area contributed by atoms with Crippen LogP contribution in [0, 0.1) is 6.92 Å². The highest BCUT2D eigenvalue weighted by Gasteiger charge is 2.16. The van der Waals surface area contributed by atoms with Crippen LogP contribution in [0.3, 0.4) is 0 Å². The van der Waals surface area contributed by atoms with Gasteiger partial charge in [0.25, 0.3) is 0 Å². The topological polar surface area (TPSA) is 76.5 Å². The van der Waals surface area contributed by atoms with Crippen molar-refractivity contribution in [1.82, 2.24) is 9.97 Å². The summed E-state index contributed by atoms with van der Waals surface area (Å²) in [6.07, 6.45) is 0.665. The van der Waals surface area contributed by atoms with Gasteiger partial charge in [0.2, 0.25) is 0 Å². The second kappa shape index (κ2) is 9.54. The van der Waals surface area contributed by atoms with Crippen molar-refractivity contribution in [1.29, 1.82) is 0 Å². The standard InChI is InChI=1S/C25H27N3O3S/c1-15(23-8-9-24(32-23)18-7-5-6-17(12-18)10-11-29)26-25-19-13-21(30-3)22(31-4)14-20(19)27-16(2)28-25/h5-9,12-15,29H,10-11H2,1-4H3,(H,26,27,28). The largest absolute Gasteiger partial charge is 0.493 e. The smallest absolute Gasteiger partial charge is 0.162 e. The first kappa shape index (κ1) is 22.0. The fourth-order valence-electron chi connectivity index (χ4n) is 3.71. The van der Waals surface area contributed by atoms with Crippen molar-refractivity contribution in [3.05, 3.63) is 64.8 Å². The maximum absolute atomic E-state index is 9.22. The van der Waals surface area contributed by atoms with E-state index in [0.29, 0.717) is 23.7 Å². The molecule has 0 spiro atoms. The third-order valence-corrected chi connectivity index (χ3v) is 6.65. The van der Waals surface area contributed by atoms with E-state index in [0.717, 1.165) is 22.3 Å². The molecule has 1 unspecified atom stereocenters. The first-order valence-corrected chi connectivity index (χ1v) is 11.3. The average Bonchev–Trinajstić information content (AvgIpc) is 3.29. The molecule has 2 N–H and O–H groups in total. The minimum Gasteiger partial charge on any atom is -0.493 e. The van der Waals surface area contributed by atoms with Gasteiger partial charge in [-0.15, -0.1) is 11.3 Å². The molecule has 2 aromatic heterocycles. The number of nitrogens with one attached hydrogen (secondary N) is 1. The fourth-order valence-corrected chi connectivity index (χ4v) is 4.71. The molecule has 166 valence electrons. The zero-order valence-corrected chi connectivity index (χ0v) is 19.5. The van der Waals surface area contributed by atoms with Crippen LogP contribution < -0.4 is 14.8 Å². The van der Waals surface area contributed by atoms with Crippen LogP contribution in [0.2, 0.25) is 0 Å². The number of aliphatic hydroxyl groups is 1. The van der Waals surface area contributed by atoms with Gasteiger partial charge >= 0.3 is 0 Å². The van der Waals surface area contributed by atoms with E-state index in [4.69, 9.17) is 9.47 Å². The Labute approximate surface area is 191 Å². The van der Waals surface area contributed by atoms with E-state index in [1.807, 2.05) is 31.2 Å². The molecule has 6 nitrogen and oxygen atoms in total. The molecule has 0 aliphatic carbocycles. The summed E-state index contributed by atoms with van der Waals surface area (Å²) in [5, 5.41) is 13.7. The second-order valence-corrected chi connectivity index (χ2v) is 8.70. The summed E-state index contributed by atoms with van der Waals surface area (Å²) < 4.78 is 10.9. The molecule has 4 aromatic rings. The molecule has 0 bridgehead atoms. The number of benzene rings is 2. The summed E-state index contributed by atoms with van der Waals surface area (Å²) in [4.78, 5) is 11.6. The summed E-state index contributed by atoms with van der Waals surface area (Å²) in [5.74, 6) is 2.74. The maximum atomic E-state index is 9.22. The third-order valence-electron chi connectivity index (χ3n) is 5.33. The van der Waals surface area contributed by atoms with Gasteiger partial charge in [0.05, 0.1) is 25.8 Å². The lowest BCUT2D eigenvalue weighted by molar-refractivity contribution is 0.299. The fraction of sp³-hybridized carbons (Fsp3) is 0.280. The molecule has 2 heterocycles. The van der Waals surface area contributed by atoms with Crippen LogP contribution in [-0.2, 0) is 6.42 Å². The number of hydrogen-bond donors (Lipinski definition) is 2. The molecule has 4 rings (SSSR count). The third kappa shape index (κ3) is 4.54. The summed E-state index contributed by atoms with van der Waals surface area (Å²) in [5.41, 5.74) is 3.11. The SMILES string of the molecule is COc1cc2nc(C)nc(NC(C)c3ccc(-c4cccc(CCO)c4)s3)c2cc1OC. The van der Waals surface area contributed by atoms with Gasteiger partial charge in [-0.25, -0.2) is 9.97 Å². The van der Waals surface area contributed by atoms with Gasteiger partial charge in [-0.2, -0.15) is 0 Å². The van der Waals surface area contributed by atoms with Crippen LogP contribution in [0.25, 0.3) is 21.3 Å². The second-order valence-electron chi connectivity index (χ2n) is 7.59. The van der Waals surface area contributed by atoms with Crippen molar-refractivity contribution in [2.45, 2.75) is 26.3 Å². The number of aromatic nitrogens is 2.